The number of benzene rings is 2. The molecule has 0 unspecified atom stereocenters. The van der Waals surface area contributed by atoms with Crippen LogP contribution in [-0.4, -0.2) is 29.5 Å². The van der Waals surface area contributed by atoms with Crippen LogP contribution in [-0.2, 0) is 0 Å². The first-order valence-corrected chi connectivity index (χ1v) is 9.81. The molecule has 4 heteroatoms. The van der Waals surface area contributed by atoms with Crippen molar-refractivity contribution in [1.82, 2.24) is 9.99 Å². The third kappa shape index (κ3) is 4.84. The summed E-state index contributed by atoms with van der Waals surface area (Å²) in [7, 11) is 1.96. The molecule has 4 nitrogen and oxygen atoms in total. The van der Waals surface area contributed by atoms with Crippen molar-refractivity contribution in [2.45, 2.75) is 26.2 Å². The van der Waals surface area contributed by atoms with Crippen molar-refractivity contribution >= 4 is 22.5 Å². The van der Waals surface area contributed by atoms with Gasteiger partial charge in [-0.2, -0.15) is 0 Å². The van der Waals surface area contributed by atoms with Crippen molar-refractivity contribution in [3.05, 3.63) is 84.6 Å². The fourth-order valence-corrected chi connectivity index (χ4v) is 3.17. The molecule has 0 aliphatic rings. The number of anilines is 1. The molecule has 3 rings (SSSR count). The quantitative estimate of drug-likeness (QED) is 0.298. The Balaban J connectivity index is 1.88. The number of nitrogens with zero attached hydrogens (tertiary/aromatic N) is 3. The second kappa shape index (κ2) is 9.81. The Morgan fingerprint density at radius 3 is 2.57 bits per heavy atom. The maximum Gasteiger partial charge on any atom is 0.272 e. The fourth-order valence-electron chi connectivity index (χ4n) is 3.17. The highest BCUT2D eigenvalue weighted by Gasteiger charge is 2.22. The highest BCUT2D eigenvalue weighted by atomic mass is 16.2. The molecule has 0 atom stereocenters. The molecule has 0 aliphatic heterocycles. The van der Waals surface area contributed by atoms with Crippen LogP contribution in [0.3, 0.4) is 0 Å². The monoisotopic (exact) mass is 373 g/mol. The normalized spacial score (nSPS) is 11.4. The van der Waals surface area contributed by atoms with Gasteiger partial charge in [0.05, 0.1) is 17.4 Å². The minimum atomic E-state index is -0.0516. The number of rotatable bonds is 8. The van der Waals surface area contributed by atoms with Crippen molar-refractivity contribution in [1.29, 1.82) is 0 Å². The SMILES string of the molecule is CCC=CCCCN(C)N(C(=O)c1ccccc1)c1cnc2ccccc2c1. The summed E-state index contributed by atoms with van der Waals surface area (Å²) in [4.78, 5) is 17.9. The lowest BCUT2D eigenvalue weighted by molar-refractivity contribution is 0.0914. The second-order valence-electron chi connectivity index (χ2n) is 6.77. The van der Waals surface area contributed by atoms with Crippen LogP contribution in [0.25, 0.3) is 10.9 Å². The maximum atomic E-state index is 13.3. The van der Waals surface area contributed by atoms with Gasteiger partial charge in [0, 0.05) is 24.5 Å². The molecular formula is C24H27N3O. The summed E-state index contributed by atoms with van der Waals surface area (Å²) in [5, 5.41) is 4.74. The first kappa shape index (κ1) is 19.8. The summed E-state index contributed by atoms with van der Waals surface area (Å²) in [5.41, 5.74) is 2.36. The Morgan fingerprint density at radius 1 is 1.04 bits per heavy atom. The molecular weight excluding hydrogens is 346 g/mol. The Labute approximate surface area is 167 Å². The number of hydrogen-bond donors (Lipinski definition) is 0. The largest absolute Gasteiger partial charge is 0.272 e. The van der Waals surface area contributed by atoms with Crippen LogP contribution in [0.2, 0.25) is 0 Å². The molecule has 0 N–H and O–H groups in total. The number of hydrogen-bond acceptors (Lipinski definition) is 3. The number of hydrazine groups is 1. The topological polar surface area (TPSA) is 36.4 Å². The van der Waals surface area contributed by atoms with Gasteiger partial charge in [-0.1, -0.05) is 55.5 Å². The smallest absolute Gasteiger partial charge is 0.267 e. The summed E-state index contributed by atoms with van der Waals surface area (Å²) >= 11 is 0. The highest BCUT2D eigenvalue weighted by Crippen LogP contribution is 2.23. The van der Waals surface area contributed by atoms with Crippen LogP contribution < -0.4 is 5.01 Å². The molecule has 0 saturated heterocycles. The first-order valence-electron chi connectivity index (χ1n) is 9.81. The molecule has 0 spiro atoms. The Hall–Kier alpha value is -2.98. The van der Waals surface area contributed by atoms with Gasteiger partial charge in [0.25, 0.3) is 5.91 Å². The zero-order valence-corrected chi connectivity index (χ0v) is 16.6. The maximum absolute atomic E-state index is 13.3. The summed E-state index contributed by atoms with van der Waals surface area (Å²) < 4.78 is 0. The van der Waals surface area contributed by atoms with E-state index < -0.39 is 0 Å². The van der Waals surface area contributed by atoms with Gasteiger partial charge in [-0.25, -0.2) is 10.0 Å². The lowest BCUT2D eigenvalue weighted by atomic mass is 10.2. The predicted molar refractivity (Wildman–Crippen MR) is 116 cm³/mol. The molecule has 1 aromatic heterocycles. The fraction of sp³-hybridized carbons (Fsp3) is 0.250. The van der Waals surface area contributed by atoms with Gasteiger partial charge in [-0.05, 0) is 43.5 Å². The molecule has 1 amide bonds. The summed E-state index contributed by atoms with van der Waals surface area (Å²) in [6.45, 7) is 2.91. The van der Waals surface area contributed by atoms with Crippen LogP contribution in [0, 0.1) is 0 Å². The molecule has 0 fully saturated rings. The number of fused-ring (bicyclic) bond motifs is 1. The zero-order chi connectivity index (χ0) is 19.8. The summed E-state index contributed by atoms with van der Waals surface area (Å²) in [6, 6.07) is 19.4. The van der Waals surface area contributed by atoms with E-state index in [9.17, 15) is 4.79 Å². The Bertz CT molecular complexity index is 937. The van der Waals surface area contributed by atoms with Gasteiger partial charge >= 0.3 is 0 Å². The third-order valence-electron chi connectivity index (χ3n) is 4.63. The van der Waals surface area contributed by atoms with E-state index in [2.05, 4.69) is 24.1 Å². The van der Waals surface area contributed by atoms with E-state index in [0.717, 1.165) is 42.4 Å². The molecule has 1 heterocycles. The van der Waals surface area contributed by atoms with Crippen molar-refractivity contribution in [3.8, 4) is 0 Å². The van der Waals surface area contributed by atoms with Gasteiger partial charge in [0.2, 0.25) is 0 Å². The second-order valence-corrected chi connectivity index (χ2v) is 6.77. The lowest BCUT2D eigenvalue weighted by Gasteiger charge is -2.32. The average molecular weight is 374 g/mol. The predicted octanol–water partition coefficient (Wildman–Crippen LogP) is 5.47. The lowest BCUT2D eigenvalue weighted by Crippen LogP contribution is -2.45. The van der Waals surface area contributed by atoms with Crippen molar-refractivity contribution in [2.24, 2.45) is 0 Å². The molecule has 2 aromatic carbocycles. The molecule has 0 aliphatic carbocycles. The van der Waals surface area contributed by atoms with E-state index in [1.54, 1.807) is 11.2 Å². The van der Waals surface area contributed by atoms with E-state index in [-0.39, 0.29) is 5.91 Å². The standard InChI is InChI=1S/C24H27N3O/c1-3-4-5-6-12-17-26(2)27(24(28)20-13-8-7-9-14-20)22-18-21-15-10-11-16-23(21)25-19-22/h4-5,7-11,13-16,18-19H,3,6,12,17H2,1-2H3. The van der Waals surface area contributed by atoms with E-state index in [0.29, 0.717) is 5.56 Å². The minimum Gasteiger partial charge on any atom is -0.267 e. The highest BCUT2D eigenvalue weighted by molar-refractivity contribution is 6.06. The molecule has 3 aromatic rings. The molecule has 0 saturated carbocycles. The number of aromatic nitrogens is 1. The first-order chi connectivity index (χ1) is 13.7. The van der Waals surface area contributed by atoms with E-state index in [1.807, 2.05) is 72.7 Å². The molecule has 0 radical (unpaired) electrons. The number of allylic oxidation sites excluding steroid dienone is 2. The Morgan fingerprint density at radius 2 is 1.79 bits per heavy atom. The minimum absolute atomic E-state index is 0.0516. The van der Waals surface area contributed by atoms with Gasteiger partial charge in [-0.15, -0.1) is 0 Å². The van der Waals surface area contributed by atoms with Gasteiger partial charge in [0.1, 0.15) is 0 Å². The van der Waals surface area contributed by atoms with Crippen molar-refractivity contribution < 1.29 is 4.79 Å². The number of pyridine rings is 1. The van der Waals surface area contributed by atoms with Gasteiger partial charge < -0.3 is 0 Å². The number of carbonyl (C=O) groups is 1. The van der Waals surface area contributed by atoms with Crippen LogP contribution >= 0.6 is 0 Å². The molecule has 0 bridgehead atoms. The summed E-state index contributed by atoms with van der Waals surface area (Å²) in [5.74, 6) is -0.0516. The van der Waals surface area contributed by atoms with Crippen LogP contribution in [0.15, 0.2) is 79.0 Å². The zero-order valence-electron chi connectivity index (χ0n) is 16.6. The number of unbranched alkanes of at least 4 members (excludes halogenated alkanes) is 1. The number of amides is 1. The molecule has 28 heavy (non-hydrogen) atoms. The third-order valence-corrected chi connectivity index (χ3v) is 4.63. The molecule has 144 valence electrons. The summed E-state index contributed by atoms with van der Waals surface area (Å²) in [6.07, 6.45) is 9.19. The van der Waals surface area contributed by atoms with Crippen LogP contribution in [0.5, 0.6) is 0 Å². The van der Waals surface area contributed by atoms with Crippen molar-refractivity contribution in [3.63, 3.8) is 0 Å². The number of para-hydroxylation sites is 1. The van der Waals surface area contributed by atoms with Crippen LogP contribution in [0.4, 0.5) is 5.69 Å². The Kier molecular flexibility index (Phi) is 6.93. The van der Waals surface area contributed by atoms with Gasteiger partial charge in [-0.3, -0.25) is 9.78 Å². The van der Waals surface area contributed by atoms with Crippen molar-refractivity contribution in [2.75, 3.05) is 18.6 Å². The van der Waals surface area contributed by atoms with E-state index in [1.165, 1.54) is 0 Å². The van der Waals surface area contributed by atoms with E-state index >= 15 is 0 Å². The number of carbonyl (C=O) groups excluding carboxylic acids is 1. The van der Waals surface area contributed by atoms with Crippen LogP contribution in [0.1, 0.15) is 36.5 Å². The van der Waals surface area contributed by atoms with Gasteiger partial charge in [0.15, 0.2) is 0 Å². The average Bonchev–Trinajstić information content (AvgIpc) is 2.74. The van der Waals surface area contributed by atoms with E-state index in [4.69, 9.17) is 0 Å².